The molecule has 1 aromatic rings. The van der Waals surface area contributed by atoms with Gasteiger partial charge in [0.05, 0.1) is 0 Å². The number of rotatable bonds is 1. The number of allylic oxidation sites excluding steroid dienone is 2. The molecule has 1 aromatic carbocycles. The van der Waals surface area contributed by atoms with Crippen LogP contribution in [0.4, 0.5) is 0 Å². The lowest BCUT2D eigenvalue weighted by atomic mass is 9.61. The monoisotopic (exact) mass is 266 g/mol. The van der Waals surface area contributed by atoms with Gasteiger partial charge >= 0.3 is 0 Å². The van der Waals surface area contributed by atoms with Crippen molar-refractivity contribution in [1.29, 1.82) is 0 Å². The summed E-state index contributed by atoms with van der Waals surface area (Å²) in [4.78, 5) is 12.4. The molecule has 20 heavy (non-hydrogen) atoms. The molecule has 0 aromatic heterocycles. The van der Waals surface area contributed by atoms with Crippen molar-refractivity contribution in [2.45, 2.75) is 50.9 Å². The van der Waals surface area contributed by atoms with Crippen molar-refractivity contribution >= 4 is 5.78 Å². The first-order valence-electron chi connectivity index (χ1n) is 7.97. The van der Waals surface area contributed by atoms with Crippen LogP contribution in [-0.2, 0) is 5.41 Å². The molecule has 3 unspecified atom stereocenters. The molecule has 0 heterocycles. The Morgan fingerprint density at radius 2 is 2.10 bits per heavy atom. The molecule has 4 rings (SSSR count). The van der Waals surface area contributed by atoms with Crippen LogP contribution in [0, 0.1) is 11.8 Å². The highest BCUT2D eigenvalue weighted by atomic mass is 16.1. The SMILES string of the molecule is CC(C)c1cccc2c1C1(CCC2=O)CC2C=CC1C2. The van der Waals surface area contributed by atoms with Crippen molar-refractivity contribution < 1.29 is 4.79 Å². The molecule has 2 bridgehead atoms. The van der Waals surface area contributed by atoms with E-state index in [-0.39, 0.29) is 5.41 Å². The lowest BCUT2D eigenvalue weighted by Gasteiger charge is -2.42. The minimum absolute atomic E-state index is 0.267. The van der Waals surface area contributed by atoms with Gasteiger partial charge in [0, 0.05) is 17.4 Å². The van der Waals surface area contributed by atoms with E-state index in [4.69, 9.17) is 0 Å². The summed E-state index contributed by atoms with van der Waals surface area (Å²) in [7, 11) is 0. The third-order valence-corrected chi connectivity index (χ3v) is 5.82. The summed E-state index contributed by atoms with van der Waals surface area (Å²) in [6, 6.07) is 6.40. The molecule has 0 radical (unpaired) electrons. The molecule has 0 amide bonds. The van der Waals surface area contributed by atoms with Crippen LogP contribution >= 0.6 is 0 Å². The molecule has 0 N–H and O–H groups in total. The van der Waals surface area contributed by atoms with Crippen LogP contribution in [-0.4, -0.2) is 5.78 Å². The van der Waals surface area contributed by atoms with E-state index < -0.39 is 0 Å². The fourth-order valence-electron chi connectivity index (χ4n) is 4.97. The molecule has 1 nitrogen and oxygen atoms in total. The molecular weight excluding hydrogens is 244 g/mol. The van der Waals surface area contributed by atoms with Crippen molar-refractivity contribution in [2.75, 3.05) is 0 Å². The van der Waals surface area contributed by atoms with Gasteiger partial charge in [-0.05, 0) is 48.1 Å². The highest BCUT2D eigenvalue weighted by Crippen LogP contribution is 2.59. The highest BCUT2D eigenvalue weighted by Gasteiger charge is 2.52. The summed E-state index contributed by atoms with van der Waals surface area (Å²) < 4.78 is 0. The maximum absolute atomic E-state index is 12.4. The number of benzene rings is 1. The van der Waals surface area contributed by atoms with Crippen molar-refractivity contribution in [3.63, 3.8) is 0 Å². The average Bonchev–Trinajstić information content (AvgIpc) is 3.04. The maximum Gasteiger partial charge on any atom is 0.163 e. The molecule has 1 fully saturated rings. The Balaban J connectivity index is 1.97. The van der Waals surface area contributed by atoms with Gasteiger partial charge in [0.2, 0.25) is 0 Å². The van der Waals surface area contributed by atoms with E-state index in [2.05, 4.69) is 44.2 Å². The third-order valence-electron chi connectivity index (χ3n) is 5.82. The van der Waals surface area contributed by atoms with Gasteiger partial charge in [0.1, 0.15) is 0 Å². The smallest absolute Gasteiger partial charge is 0.163 e. The van der Waals surface area contributed by atoms with E-state index in [1.165, 1.54) is 24.0 Å². The van der Waals surface area contributed by atoms with Crippen molar-refractivity contribution in [3.8, 4) is 0 Å². The van der Waals surface area contributed by atoms with Gasteiger partial charge in [-0.25, -0.2) is 0 Å². The fraction of sp³-hybridized carbons (Fsp3) is 0.526. The van der Waals surface area contributed by atoms with Gasteiger partial charge in [0.15, 0.2) is 5.78 Å². The van der Waals surface area contributed by atoms with Crippen LogP contribution in [0.5, 0.6) is 0 Å². The predicted octanol–water partition coefficient (Wildman–Crippen LogP) is 4.62. The fourth-order valence-corrected chi connectivity index (χ4v) is 4.97. The summed E-state index contributed by atoms with van der Waals surface area (Å²) in [6.07, 6.45) is 9.22. The Labute approximate surface area is 121 Å². The first-order chi connectivity index (χ1) is 9.62. The van der Waals surface area contributed by atoms with Crippen molar-refractivity contribution in [3.05, 3.63) is 47.0 Å². The second-order valence-electron chi connectivity index (χ2n) is 7.20. The van der Waals surface area contributed by atoms with E-state index in [9.17, 15) is 4.79 Å². The van der Waals surface area contributed by atoms with Gasteiger partial charge in [-0.15, -0.1) is 0 Å². The van der Waals surface area contributed by atoms with E-state index >= 15 is 0 Å². The van der Waals surface area contributed by atoms with Crippen LogP contribution in [0.2, 0.25) is 0 Å². The zero-order chi connectivity index (χ0) is 13.9. The van der Waals surface area contributed by atoms with E-state index in [1.807, 2.05) is 0 Å². The summed E-state index contributed by atoms with van der Waals surface area (Å²) >= 11 is 0. The maximum atomic E-state index is 12.4. The van der Waals surface area contributed by atoms with Gasteiger partial charge in [0.25, 0.3) is 0 Å². The molecule has 0 aliphatic heterocycles. The standard InChI is InChI=1S/C19H22O/c1-12(2)15-4-3-5-16-17(20)8-9-19(18(15)16)11-13-6-7-14(19)10-13/h3-7,12-14H,8-11H2,1-2H3. The first-order valence-corrected chi connectivity index (χ1v) is 7.97. The Morgan fingerprint density at radius 3 is 2.75 bits per heavy atom. The van der Waals surface area contributed by atoms with Crippen molar-refractivity contribution in [1.82, 2.24) is 0 Å². The molecule has 0 saturated heterocycles. The quantitative estimate of drug-likeness (QED) is 0.678. The molecule has 1 saturated carbocycles. The highest BCUT2D eigenvalue weighted by molar-refractivity contribution is 5.99. The number of fused-ring (bicyclic) bond motifs is 5. The van der Waals surface area contributed by atoms with E-state index in [0.29, 0.717) is 17.6 Å². The molecule has 104 valence electrons. The van der Waals surface area contributed by atoms with Crippen LogP contribution < -0.4 is 0 Å². The van der Waals surface area contributed by atoms with Crippen LogP contribution in [0.1, 0.15) is 66.9 Å². The lowest BCUT2D eigenvalue weighted by molar-refractivity contribution is 0.0943. The lowest BCUT2D eigenvalue weighted by Crippen LogP contribution is -2.38. The van der Waals surface area contributed by atoms with Gasteiger partial charge < -0.3 is 0 Å². The predicted molar refractivity (Wildman–Crippen MR) is 81.1 cm³/mol. The Kier molecular flexibility index (Phi) is 2.52. The largest absolute Gasteiger partial charge is 0.294 e. The van der Waals surface area contributed by atoms with Gasteiger partial charge in [-0.1, -0.05) is 44.2 Å². The topological polar surface area (TPSA) is 17.1 Å². The Bertz CT molecular complexity index is 610. The van der Waals surface area contributed by atoms with Crippen LogP contribution in [0.3, 0.4) is 0 Å². The summed E-state index contributed by atoms with van der Waals surface area (Å²) in [5, 5.41) is 0. The summed E-state index contributed by atoms with van der Waals surface area (Å²) in [5.74, 6) is 2.27. The normalized spacial score (nSPS) is 34.2. The van der Waals surface area contributed by atoms with E-state index in [0.717, 1.165) is 24.3 Å². The van der Waals surface area contributed by atoms with Gasteiger partial charge in [-0.3, -0.25) is 4.79 Å². The second kappa shape index (κ2) is 4.07. The first kappa shape index (κ1) is 12.4. The van der Waals surface area contributed by atoms with E-state index in [1.54, 1.807) is 0 Å². The number of carbonyl (C=O) groups excluding carboxylic acids is 1. The second-order valence-corrected chi connectivity index (χ2v) is 7.20. The number of hydrogen-bond acceptors (Lipinski definition) is 1. The Morgan fingerprint density at radius 1 is 1.25 bits per heavy atom. The summed E-state index contributed by atoms with van der Waals surface area (Å²) in [6.45, 7) is 4.51. The summed E-state index contributed by atoms with van der Waals surface area (Å²) in [5.41, 5.74) is 4.13. The molecule has 1 spiro atoms. The molecule has 1 heteroatoms. The van der Waals surface area contributed by atoms with Crippen molar-refractivity contribution in [2.24, 2.45) is 11.8 Å². The van der Waals surface area contributed by atoms with Gasteiger partial charge in [-0.2, -0.15) is 0 Å². The molecule has 3 aliphatic carbocycles. The number of carbonyl (C=O) groups is 1. The molecule has 3 aliphatic rings. The zero-order valence-corrected chi connectivity index (χ0v) is 12.4. The minimum atomic E-state index is 0.267. The number of Topliss-reactive ketones (excluding diaryl/α,β-unsaturated/α-hetero) is 1. The Hall–Kier alpha value is -1.37. The average molecular weight is 266 g/mol. The molecular formula is C19H22O. The van der Waals surface area contributed by atoms with Crippen LogP contribution in [0.15, 0.2) is 30.4 Å². The zero-order valence-electron chi connectivity index (χ0n) is 12.4. The number of hydrogen-bond donors (Lipinski definition) is 0. The number of ketones is 1. The van der Waals surface area contributed by atoms with Crippen LogP contribution in [0.25, 0.3) is 0 Å². The molecule has 3 atom stereocenters. The minimum Gasteiger partial charge on any atom is -0.294 e. The third kappa shape index (κ3) is 1.47.